The summed E-state index contributed by atoms with van der Waals surface area (Å²) in [4.78, 5) is 0. The number of fused-ring (bicyclic) bond motifs is 10. The summed E-state index contributed by atoms with van der Waals surface area (Å²) in [5.74, 6) is 0. The maximum atomic E-state index is 2.58. The fourth-order valence-corrected chi connectivity index (χ4v) is 16.0. The zero-order valence-electron chi connectivity index (χ0n) is 35.1. The highest BCUT2D eigenvalue weighted by Crippen LogP contribution is 2.54. The van der Waals surface area contributed by atoms with E-state index in [4.69, 9.17) is 0 Å². The van der Waals surface area contributed by atoms with Crippen LogP contribution in [0.4, 0.5) is 0 Å². The van der Waals surface area contributed by atoms with E-state index < -0.39 is 8.07 Å². The summed E-state index contributed by atoms with van der Waals surface area (Å²) in [7, 11) is -2.92. The fourth-order valence-electron chi connectivity index (χ4n) is 11.3. The summed E-state index contributed by atoms with van der Waals surface area (Å²) in [6.07, 6.45) is 11.3. The van der Waals surface area contributed by atoms with Gasteiger partial charge in [-0.2, -0.15) is 0 Å². The second-order valence-electron chi connectivity index (χ2n) is 17.2. The Kier molecular flexibility index (Phi) is 8.38. The van der Waals surface area contributed by atoms with Crippen molar-refractivity contribution in [1.82, 2.24) is 9.13 Å². The molecule has 8 aromatic carbocycles. The van der Waals surface area contributed by atoms with Crippen LogP contribution in [0.2, 0.25) is 0 Å². The van der Waals surface area contributed by atoms with E-state index in [1.807, 2.05) is 0 Å². The Morgan fingerprint density at radius 3 is 1.81 bits per heavy atom. The molecule has 0 bridgehead atoms. The van der Waals surface area contributed by atoms with Crippen LogP contribution in [0.25, 0.3) is 67.4 Å². The molecule has 0 radical (unpaired) electrons. The molecule has 0 amide bonds. The minimum Gasteiger partial charge on any atom is -0.309 e. The van der Waals surface area contributed by atoms with Crippen molar-refractivity contribution in [2.45, 2.75) is 32.1 Å². The molecule has 1 unspecified atom stereocenters. The van der Waals surface area contributed by atoms with Gasteiger partial charge in [0, 0.05) is 38.5 Å². The van der Waals surface area contributed by atoms with Gasteiger partial charge in [0.05, 0.1) is 22.2 Å². The van der Waals surface area contributed by atoms with Crippen LogP contribution in [0.3, 0.4) is 0 Å². The van der Waals surface area contributed by atoms with Crippen LogP contribution in [-0.2, 0) is 5.41 Å². The predicted molar refractivity (Wildman–Crippen MR) is 266 cm³/mol. The number of aromatic nitrogens is 2. The fraction of sp³-hybridized carbons (Fsp3) is 0.0847. The van der Waals surface area contributed by atoms with Crippen molar-refractivity contribution in [3.8, 4) is 22.5 Å². The summed E-state index contributed by atoms with van der Waals surface area (Å²) < 4.78 is 5.04. The Morgan fingerprint density at radius 2 is 1.06 bits per heavy atom. The van der Waals surface area contributed by atoms with Gasteiger partial charge in [-0.3, -0.25) is 0 Å². The summed E-state index contributed by atoms with van der Waals surface area (Å²) in [6.45, 7) is 4.81. The number of hydrogen-bond acceptors (Lipinski definition) is 0. The Balaban J connectivity index is 1.13. The van der Waals surface area contributed by atoms with Crippen molar-refractivity contribution in [2.75, 3.05) is 0 Å². The van der Waals surface area contributed by atoms with Gasteiger partial charge in [0.25, 0.3) is 0 Å². The van der Waals surface area contributed by atoms with Crippen LogP contribution in [0.5, 0.6) is 0 Å². The highest BCUT2D eigenvalue weighted by atomic mass is 28.3. The van der Waals surface area contributed by atoms with E-state index in [1.165, 1.54) is 98.3 Å². The normalized spacial score (nSPS) is 15.5. The molecule has 0 aliphatic heterocycles. The standard InChI is InChI=1S/C59H46N2Si/c1-3-59(2)53-29-18-16-26-47(53)51-38-39-52-49-27-14-7-15-30-55(49)61(58(52)57(51)59)42-32-34-45(35-33-42)62(43-22-10-5-11-23-43,44-24-12-6-13-25-44)46-36-37-50-48-28-17-19-31-54(48)60(56(50)40-46)41-20-8-4-9-21-41/h4-6,8-40H,3,7H2,1-2H3. The first-order valence-corrected chi connectivity index (χ1v) is 24.1. The Bertz CT molecular complexity index is 3370. The van der Waals surface area contributed by atoms with Crippen LogP contribution in [0.1, 0.15) is 49.1 Å². The average molecular weight is 811 g/mol. The SMILES string of the molecule is CCC1(C)c2ccccc2-c2ccc3c4c(n(-c5ccc([Si](c6ccccc6)(c6ccccc6)c6ccc7c8ccccc8n(-c8ccccc8)c7c6)cc5)c3c21)C=CCC=C4. The smallest absolute Gasteiger partial charge is 0.179 e. The molecular formula is C59H46N2Si. The van der Waals surface area contributed by atoms with Crippen LogP contribution in [-0.4, -0.2) is 17.2 Å². The number of benzene rings is 8. The van der Waals surface area contributed by atoms with Crippen molar-refractivity contribution in [3.63, 3.8) is 0 Å². The van der Waals surface area contributed by atoms with Gasteiger partial charge >= 0.3 is 0 Å². The molecule has 62 heavy (non-hydrogen) atoms. The van der Waals surface area contributed by atoms with Crippen molar-refractivity contribution in [1.29, 1.82) is 0 Å². The number of allylic oxidation sites excluding steroid dienone is 2. The molecule has 0 spiro atoms. The lowest BCUT2D eigenvalue weighted by Gasteiger charge is -2.34. The van der Waals surface area contributed by atoms with E-state index in [0.717, 1.165) is 12.8 Å². The molecule has 0 fully saturated rings. The molecule has 0 N–H and O–H groups in total. The lowest BCUT2D eigenvalue weighted by Crippen LogP contribution is -2.74. The maximum absolute atomic E-state index is 2.92. The van der Waals surface area contributed by atoms with Crippen LogP contribution < -0.4 is 20.7 Å². The number of rotatable bonds is 7. The molecule has 1 atom stereocenters. The van der Waals surface area contributed by atoms with Crippen LogP contribution in [0.15, 0.2) is 206 Å². The van der Waals surface area contributed by atoms with Crippen molar-refractivity contribution in [2.24, 2.45) is 0 Å². The first-order valence-electron chi connectivity index (χ1n) is 22.1. The minimum absolute atomic E-state index is 0.114. The quantitative estimate of drug-likeness (QED) is 0.112. The summed E-state index contributed by atoms with van der Waals surface area (Å²) in [5, 5.41) is 9.30. The second kappa shape index (κ2) is 14.2. The van der Waals surface area contributed by atoms with Crippen LogP contribution in [0, 0.1) is 0 Å². The van der Waals surface area contributed by atoms with Gasteiger partial charge in [0.2, 0.25) is 0 Å². The van der Waals surface area contributed by atoms with Gasteiger partial charge in [-0.25, -0.2) is 0 Å². The van der Waals surface area contributed by atoms with E-state index in [9.17, 15) is 0 Å². The Hall–Kier alpha value is -7.20. The van der Waals surface area contributed by atoms with Crippen LogP contribution >= 0.6 is 0 Å². The number of hydrogen-bond donors (Lipinski definition) is 0. The summed E-state index contributed by atoms with van der Waals surface area (Å²) in [6, 6.07) is 73.3. The third-order valence-electron chi connectivity index (χ3n) is 14.2. The average Bonchev–Trinajstić information content (AvgIpc) is 3.84. The number of nitrogens with zero attached hydrogens (tertiary/aromatic N) is 2. The zero-order valence-corrected chi connectivity index (χ0v) is 36.1. The van der Waals surface area contributed by atoms with Gasteiger partial charge < -0.3 is 9.13 Å². The van der Waals surface area contributed by atoms with Gasteiger partial charge in [0.1, 0.15) is 0 Å². The second-order valence-corrected chi connectivity index (χ2v) is 21.0. The molecule has 0 saturated heterocycles. The Labute approximate surface area is 364 Å². The van der Waals surface area contributed by atoms with Crippen molar-refractivity contribution >= 4 is 73.7 Å². The van der Waals surface area contributed by atoms with E-state index >= 15 is 0 Å². The first kappa shape index (κ1) is 36.6. The lowest BCUT2D eigenvalue weighted by molar-refractivity contribution is 0.567. The van der Waals surface area contributed by atoms with Gasteiger partial charge in [-0.15, -0.1) is 0 Å². The third kappa shape index (κ3) is 5.15. The topological polar surface area (TPSA) is 9.86 Å². The summed E-state index contributed by atoms with van der Waals surface area (Å²) >= 11 is 0. The highest BCUT2D eigenvalue weighted by Gasteiger charge is 2.43. The minimum atomic E-state index is -2.92. The van der Waals surface area contributed by atoms with E-state index in [0.29, 0.717) is 0 Å². The van der Waals surface area contributed by atoms with E-state index in [2.05, 4.69) is 241 Å². The molecule has 2 nitrogen and oxygen atoms in total. The lowest BCUT2D eigenvalue weighted by atomic mass is 9.77. The monoisotopic (exact) mass is 810 g/mol. The molecule has 2 heterocycles. The molecule has 2 aliphatic rings. The van der Waals surface area contributed by atoms with E-state index in [1.54, 1.807) is 0 Å². The summed E-state index contributed by atoms with van der Waals surface area (Å²) in [5.41, 5.74) is 14.2. The maximum Gasteiger partial charge on any atom is 0.179 e. The molecule has 12 rings (SSSR count). The molecule has 0 saturated carbocycles. The first-order chi connectivity index (χ1) is 30.6. The van der Waals surface area contributed by atoms with Gasteiger partial charge in [-0.05, 0) is 98.3 Å². The Morgan fingerprint density at radius 1 is 0.484 bits per heavy atom. The van der Waals surface area contributed by atoms with Gasteiger partial charge in [0.15, 0.2) is 8.07 Å². The predicted octanol–water partition coefficient (Wildman–Crippen LogP) is 12.2. The molecule has 2 aliphatic carbocycles. The molecule has 10 aromatic rings. The van der Waals surface area contributed by atoms with Gasteiger partial charge in [-0.1, -0.05) is 190 Å². The van der Waals surface area contributed by atoms with E-state index in [-0.39, 0.29) is 5.41 Å². The molecule has 2 aromatic heterocycles. The third-order valence-corrected chi connectivity index (χ3v) is 19.0. The van der Waals surface area contributed by atoms with Crippen molar-refractivity contribution in [3.05, 3.63) is 229 Å². The molecular weight excluding hydrogens is 765 g/mol. The zero-order chi connectivity index (χ0) is 41.4. The largest absolute Gasteiger partial charge is 0.309 e. The highest BCUT2D eigenvalue weighted by molar-refractivity contribution is 7.20. The number of para-hydroxylation sites is 2. The molecule has 3 heteroatoms. The van der Waals surface area contributed by atoms with Crippen molar-refractivity contribution < 1.29 is 0 Å². The molecule has 296 valence electrons.